The lowest BCUT2D eigenvalue weighted by Crippen LogP contribution is -2.15. The van der Waals surface area contributed by atoms with Gasteiger partial charge in [-0.2, -0.15) is 4.39 Å². The largest absolute Gasteiger partial charge is 0.466 e. The van der Waals surface area contributed by atoms with Gasteiger partial charge >= 0.3 is 5.95 Å². The van der Waals surface area contributed by atoms with Crippen LogP contribution in [0.1, 0.15) is 45.8 Å². The van der Waals surface area contributed by atoms with Crippen molar-refractivity contribution < 1.29 is 13.5 Å². The minimum Gasteiger partial charge on any atom is -0.466 e. The molecular formula is C12H19FO2. The van der Waals surface area contributed by atoms with Gasteiger partial charge in [-0.15, -0.1) is 0 Å². The van der Waals surface area contributed by atoms with Gasteiger partial charge in [0.05, 0.1) is 7.11 Å². The van der Waals surface area contributed by atoms with E-state index in [4.69, 9.17) is 9.15 Å². The first kappa shape index (κ1) is 12.1. The third-order valence-electron chi connectivity index (χ3n) is 2.66. The molecule has 1 rings (SSSR count). The Morgan fingerprint density at radius 1 is 1.47 bits per heavy atom. The molecule has 0 atom stereocenters. The van der Waals surface area contributed by atoms with Gasteiger partial charge < -0.3 is 9.15 Å². The molecule has 0 saturated carbocycles. The molecule has 0 aromatic carbocycles. The van der Waals surface area contributed by atoms with Gasteiger partial charge in [-0.3, -0.25) is 0 Å². The molecule has 0 amide bonds. The quantitative estimate of drug-likeness (QED) is 0.741. The molecule has 0 aliphatic carbocycles. The number of halogens is 1. The first-order valence-corrected chi connectivity index (χ1v) is 5.35. The molecule has 15 heavy (non-hydrogen) atoms. The number of ether oxygens (including phenoxy) is 1. The van der Waals surface area contributed by atoms with Crippen molar-refractivity contribution in [3.8, 4) is 5.95 Å². The van der Waals surface area contributed by atoms with Gasteiger partial charge in [-0.05, 0) is 6.42 Å². The summed E-state index contributed by atoms with van der Waals surface area (Å²) in [5.41, 5.74) is -0.131. The summed E-state index contributed by atoms with van der Waals surface area (Å²) in [6.07, 6.45) is 3.22. The Morgan fingerprint density at radius 2 is 2.13 bits per heavy atom. The van der Waals surface area contributed by atoms with Crippen molar-refractivity contribution in [2.75, 3.05) is 7.11 Å². The average Bonchev–Trinajstić information content (AvgIpc) is 2.57. The molecule has 0 spiro atoms. The predicted molar refractivity (Wildman–Crippen MR) is 57.8 cm³/mol. The van der Waals surface area contributed by atoms with Crippen molar-refractivity contribution in [1.29, 1.82) is 0 Å². The summed E-state index contributed by atoms with van der Waals surface area (Å²) in [6, 6.07) is 1.43. The van der Waals surface area contributed by atoms with E-state index in [0.29, 0.717) is 5.76 Å². The highest BCUT2D eigenvalue weighted by Gasteiger charge is 2.26. The minimum atomic E-state index is -0.419. The Kier molecular flexibility index (Phi) is 3.77. The van der Waals surface area contributed by atoms with Crippen molar-refractivity contribution in [1.82, 2.24) is 0 Å². The molecule has 0 aliphatic rings. The second kappa shape index (κ2) is 4.69. The molecule has 0 radical (unpaired) electrons. The Morgan fingerprint density at radius 3 is 2.60 bits per heavy atom. The second-order valence-corrected chi connectivity index (χ2v) is 4.44. The van der Waals surface area contributed by atoms with Crippen LogP contribution in [0.25, 0.3) is 0 Å². The van der Waals surface area contributed by atoms with Crippen LogP contribution < -0.4 is 4.74 Å². The fraction of sp³-hybridized carbons (Fsp3) is 0.667. The zero-order valence-electron chi connectivity index (χ0n) is 9.89. The molecule has 3 heteroatoms. The van der Waals surface area contributed by atoms with Crippen LogP contribution in [-0.4, -0.2) is 7.11 Å². The maximum absolute atomic E-state index is 13.2. The van der Waals surface area contributed by atoms with Crippen LogP contribution in [0.15, 0.2) is 10.5 Å². The second-order valence-electron chi connectivity index (χ2n) is 4.44. The average molecular weight is 214 g/mol. The van der Waals surface area contributed by atoms with Crippen LogP contribution in [-0.2, 0) is 5.41 Å². The summed E-state index contributed by atoms with van der Waals surface area (Å²) in [5.74, 6) is 0.219. The van der Waals surface area contributed by atoms with E-state index in [1.165, 1.54) is 13.2 Å². The van der Waals surface area contributed by atoms with E-state index in [1.54, 1.807) is 0 Å². The first-order chi connectivity index (χ1) is 7.01. The van der Waals surface area contributed by atoms with Gasteiger partial charge in [0.1, 0.15) is 5.76 Å². The standard InChI is InChI=1S/C12H19FO2/c1-5-6-7-12(2,3)10-8-9(13)11(14-4)15-10/h8H,5-7H2,1-4H3. The monoisotopic (exact) mass is 214 g/mol. The predicted octanol–water partition coefficient (Wildman–Crippen LogP) is 3.90. The summed E-state index contributed by atoms with van der Waals surface area (Å²) < 4.78 is 23.4. The topological polar surface area (TPSA) is 22.4 Å². The normalized spacial score (nSPS) is 11.8. The Balaban J connectivity index is 2.84. The summed E-state index contributed by atoms with van der Waals surface area (Å²) in [7, 11) is 1.41. The van der Waals surface area contributed by atoms with E-state index >= 15 is 0 Å². The lowest BCUT2D eigenvalue weighted by atomic mass is 9.85. The molecule has 0 saturated heterocycles. The van der Waals surface area contributed by atoms with Crippen molar-refractivity contribution >= 4 is 0 Å². The molecule has 1 heterocycles. The Labute approximate surface area is 90.4 Å². The molecule has 2 nitrogen and oxygen atoms in total. The van der Waals surface area contributed by atoms with Crippen LogP contribution in [0.2, 0.25) is 0 Å². The van der Waals surface area contributed by atoms with Crippen molar-refractivity contribution in [3.05, 3.63) is 17.6 Å². The van der Waals surface area contributed by atoms with E-state index in [2.05, 4.69) is 20.8 Å². The van der Waals surface area contributed by atoms with Gasteiger partial charge in [0, 0.05) is 11.5 Å². The van der Waals surface area contributed by atoms with Gasteiger partial charge in [0.15, 0.2) is 0 Å². The maximum atomic E-state index is 13.2. The number of hydrogen-bond donors (Lipinski definition) is 0. The van der Waals surface area contributed by atoms with Gasteiger partial charge in [-0.1, -0.05) is 33.6 Å². The molecule has 0 N–H and O–H groups in total. The Bertz CT molecular complexity index is 315. The smallest absolute Gasteiger partial charge is 0.321 e. The van der Waals surface area contributed by atoms with E-state index in [1.807, 2.05) is 0 Å². The highest BCUT2D eigenvalue weighted by Crippen LogP contribution is 2.34. The number of rotatable bonds is 5. The number of unbranched alkanes of at least 4 members (excludes halogenated alkanes) is 1. The van der Waals surface area contributed by atoms with Crippen LogP contribution in [0.3, 0.4) is 0 Å². The molecule has 0 unspecified atom stereocenters. The summed E-state index contributed by atoms with van der Waals surface area (Å²) in [5, 5.41) is 0. The summed E-state index contributed by atoms with van der Waals surface area (Å²) >= 11 is 0. The number of methoxy groups -OCH3 is 1. The van der Waals surface area contributed by atoms with E-state index in [-0.39, 0.29) is 11.4 Å². The van der Waals surface area contributed by atoms with Crippen molar-refractivity contribution in [2.45, 2.75) is 45.4 Å². The third kappa shape index (κ3) is 2.74. The molecular weight excluding hydrogens is 195 g/mol. The minimum absolute atomic E-state index is 0.0189. The van der Waals surface area contributed by atoms with Gasteiger partial charge in [-0.25, -0.2) is 0 Å². The van der Waals surface area contributed by atoms with Crippen molar-refractivity contribution in [3.63, 3.8) is 0 Å². The lowest BCUT2D eigenvalue weighted by Gasteiger charge is -2.21. The summed E-state index contributed by atoms with van der Waals surface area (Å²) in [4.78, 5) is 0. The third-order valence-corrected chi connectivity index (χ3v) is 2.66. The highest BCUT2D eigenvalue weighted by atomic mass is 19.1. The van der Waals surface area contributed by atoms with E-state index < -0.39 is 5.82 Å². The SMILES string of the molecule is CCCCC(C)(C)c1cc(F)c(OC)o1. The first-order valence-electron chi connectivity index (χ1n) is 5.35. The van der Waals surface area contributed by atoms with Crippen LogP contribution in [0, 0.1) is 5.82 Å². The number of hydrogen-bond acceptors (Lipinski definition) is 2. The molecule has 86 valence electrons. The van der Waals surface area contributed by atoms with Crippen molar-refractivity contribution in [2.24, 2.45) is 0 Å². The molecule has 1 aromatic rings. The van der Waals surface area contributed by atoms with Crippen LogP contribution >= 0.6 is 0 Å². The maximum Gasteiger partial charge on any atom is 0.321 e. The zero-order valence-corrected chi connectivity index (χ0v) is 9.89. The van der Waals surface area contributed by atoms with Crippen LogP contribution in [0.4, 0.5) is 4.39 Å². The molecule has 0 aliphatic heterocycles. The lowest BCUT2D eigenvalue weighted by molar-refractivity contribution is 0.254. The highest BCUT2D eigenvalue weighted by molar-refractivity contribution is 5.20. The molecule has 0 fully saturated rings. The van der Waals surface area contributed by atoms with Crippen LogP contribution in [0.5, 0.6) is 5.95 Å². The molecule has 0 bridgehead atoms. The number of furan rings is 1. The van der Waals surface area contributed by atoms with Gasteiger partial charge in [0.2, 0.25) is 5.82 Å². The summed E-state index contributed by atoms with van der Waals surface area (Å²) in [6.45, 7) is 6.25. The van der Waals surface area contributed by atoms with E-state index in [0.717, 1.165) is 19.3 Å². The van der Waals surface area contributed by atoms with Gasteiger partial charge in [0.25, 0.3) is 0 Å². The molecule has 1 aromatic heterocycles. The Hall–Kier alpha value is -0.990. The fourth-order valence-electron chi connectivity index (χ4n) is 1.57. The fourth-order valence-corrected chi connectivity index (χ4v) is 1.57. The zero-order chi connectivity index (χ0) is 11.5. The van der Waals surface area contributed by atoms with E-state index in [9.17, 15) is 4.39 Å².